The molecule has 0 radical (unpaired) electrons. The fourth-order valence-electron chi connectivity index (χ4n) is 3.17. The molecule has 0 aromatic heterocycles. The third-order valence-electron chi connectivity index (χ3n) is 4.62. The van der Waals surface area contributed by atoms with Crippen molar-refractivity contribution in [2.45, 2.75) is 110 Å². The van der Waals surface area contributed by atoms with Gasteiger partial charge in [0.15, 0.2) is 0 Å². The molecule has 0 aliphatic heterocycles. The molecule has 0 rings (SSSR count). The lowest BCUT2D eigenvalue weighted by Crippen LogP contribution is -2.47. The molecule has 0 amide bonds. The van der Waals surface area contributed by atoms with Crippen LogP contribution in [0.2, 0.25) is 0 Å². The summed E-state index contributed by atoms with van der Waals surface area (Å²) in [5, 5.41) is 0. The smallest absolute Gasteiger partial charge is 0.0182 e. The van der Waals surface area contributed by atoms with Crippen LogP contribution in [0.25, 0.3) is 0 Å². The highest BCUT2D eigenvalue weighted by Crippen LogP contribution is 2.34. The second-order valence-corrected chi connectivity index (χ2v) is 6.42. The van der Waals surface area contributed by atoms with Crippen LogP contribution in [-0.4, -0.2) is 5.54 Å². The molecule has 0 aromatic rings. The van der Waals surface area contributed by atoms with Gasteiger partial charge < -0.3 is 5.73 Å². The molecule has 0 atom stereocenters. The summed E-state index contributed by atoms with van der Waals surface area (Å²) in [4.78, 5) is 0. The van der Waals surface area contributed by atoms with Gasteiger partial charge in [-0.15, -0.1) is 0 Å². The maximum absolute atomic E-state index is 6.90. The van der Waals surface area contributed by atoms with Crippen LogP contribution in [-0.2, 0) is 0 Å². The lowest BCUT2D eigenvalue weighted by Gasteiger charge is -2.38. The molecule has 19 heavy (non-hydrogen) atoms. The van der Waals surface area contributed by atoms with E-state index in [2.05, 4.69) is 27.7 Å². The van der Waals surface area contributed by atoms with Crippen LogP contribution in [0.4, 0.5) is 0 Å². The Bertz CT molecular complexity index is 172. The number of hydrogen-bond acceptors (Lipinski definition) is 1. The first-order valence-electron chi connectivity index (χ1n) is 8.93. The summed E-state index contributed by atoms with van der Waals surface area (Å²) in [6, 6.07) is 0. The van der Waals surface area contributed by atoms with Gasteiger partial charge in [-0.1, -0.05) is 79.1 Å². The Morgan fingerprint density at radius 2 is 1.05 bits per heavy atom. The molecule has 0 bridgehead atoms. The van der Waals surface area contributed by atoms with Gasteiger partial charge in [-0.2, -0.15) is 0 Å². The monoisotopic (exact) mass is 269 g/mol. The Morgan fingerprint density at radius 1 is 0.684 bits per heavy atom. The molecule has 116 valence electrons. The van der Waals surface area contributed by atoms with Gasteiger partial charge in [0, 0.05) is 5.54 Å². The van der Waals surface area contributed by atoms with Crippen molar-refractivity contribution in [3.05, 3.63) is 0 Å². The van der Waals surface area contributed by atoms with Crippen LogP contribution in [0.1, 0.15) is 105 Å². The molecule has 0 unspecified atom stereocenters. The van der Waals surface area contributed by atoms with E-state index in [1.54, 1.807) is 0 Å². The molecule has 0 heterocycles. The molecule has 0 aromatic carbocycles. The molecule has 0 aliphatic carbocycles. The average molecular weight is 270 g/mol. The van der Waals surface area contributed by atoms with E-state index >= 15 is 0 Å². The van der Waals surface area contributed by atoms with E-state index in [-0.39, 0.29) is 5.54 Å². The van der Waals surface area contributed by atoms with Crippen LogP contribution in [0.15, 0.2) is 0 Å². The van der Waals surface area contributed by atoms with Crippen molar-refractivity contribution < 1.29 is 0 Å². The number of unbranched alkanes of at least 4 members (excludes halogenated alkanes) is 4. The van der Waals surface area contributed by atoms with Crippen molar-refractivity contribution in [3.63, 3.8) is 0 Å². The van der Waals surface area contributed by atoms with Gasteiger partial charge in [0.05, 0.1) is 0 Å². The zero-order valence-corrected chi connectivity index (χ0v) is 14.1. The van der Waals surface area contributed by atoms with Crippen molar-refractivity contribution in [2.24, 2.45) is 11.7 Å². The fourth-order valence-corrected chi connectivity index (χ4v) is 3.17. The summed E-state index contributed by atoms with van der Waals surface area (Å²) in [6.07, 6.45) is 15.6. The van der Waals surface area contributed by atoms with E-state index < -0.39 is 0 Å². The highest BCUT2D eigenvalue weighted by atomic mass is 14.8. The van der Waals surface area contributed by atoms with Gasteiger partial charge in [0.2, 0.25) is 0 Å². The molecule has 1 nitrogen and oxygen atoms in total. The number of hydrogen-bond donors (Lipinski definition) is 1. The van der Waals surface area contributed by atoms with Gasteiger partial charge >= 0.3 is 0 Å². The summed E-state index contributed by atoms with van der Waals surface area (Å²) in [5.74, 6) is 0.755. The topological polar surface area (TPSA) is 26.0 Å². The van der Waals surface area contributed by atoms with Crippen molar-refractivity contribution >= 4 is 0 Å². The summed E-state index contributed by atoms with van der Waals surface area (Å²) < 4.78 is 0. The molecular formula is C18H39N. The van der Waals surface area contributed by atoms with Crippen LogP contribution >= 0.6 is 0 Å². The van der Waals surface area contributed by atoms with Gasteiger partial charge in [0.1, 0.15) is 0 Å². The van der Waals surface area contributed by atoms with E-state index in [1.807, 2.05) is 0 Å². The molecule has 0 saturated heterocycles. The van der Waals surface area contributed by atoms with Crippen molar-refractivity contribution in [1.29, 1.82) is 0 Å². The number of nitrogens with two attached hydrogens (primary N) is 1. The minimum atomic E-state index is 0.121. The lowest BCUT2D eigenvalue weighted by atomic mass is 9.72. The second kappa shape index (κ2) is 11.8. The van der Waals surface area contributed by atoms with Gasteiger partial charge in [0.25, 0.3) is 0 Å². The predicted molar refractivity (Wildman–Crippen MR) is 88.5 cm³/mol. The average Bonchev–Trinajstić information content (AvgIpc) is 2.43. The van der Waals surface area contributed by atoms with Crippen LogP contribution in [0.5, 0.6) is 0 Å². The van der Waals surface area contributed by atoms with Gasteiger partial charge in [-0.3, -0.25) is 0 Å². The molecule has 2 N–H and O–H groups in total. The first-order valence-corrected chi connectivity index (χ1v) is 8.93. The van der Waals surface area contributed by atoms with Crippen LogP contribution in [0, 0.1) is 5.92 Å². The first-order chi connectivity index (χ1) is 9.14. The minimum Gasteiger partial charge on any atom is -0.325 e. The van der Waals surface area contributed by atoms with E-state index in [9.17, 15) is 0 Å². The Morgan fingerprint density at radius 3 is 1.37 bits per heavy atom. The molecule has 1 heteroatoms. The predicted octanol–water partition coefficient (Wildman–Crippen LogP) is 6.06. The Labute approximate surface area is 122 Å². The molecule has 0 spiro atoms. The van der Waals surface area contributed by atoms with Crippen LogP contribution in [0.3, 0.4) is 0 Å². The Hall–Kier alpha value is -0.0400. The molecular weight excluding hydrogens is 230 g/mol. The maximum Gasteiger partial charge on any atom is 0.0182 e. The normalized spacial score (nSPS) is 12.3. The highest BCUT2D eigenvalue weighted by Gasteiger charge is 2.32. The summed E-state index contributed by atoms with van der Waals surface area (Å²) in [7, 11) is 0. The first kappa shape index (κ1) is 19.0. The second-order valence-electron chi connectivity index (χ2n) is 6.42. The standard InChI is InChI=1S/C18H39N/c1-5-9-13-17(14-10-6-2)18(19,15-11-7-3)16-12-8-4/h17H,5-16,19H2,1-4H3. The summed E-state index contributed by atoms with van der Waals surface area (Å²) in [6.45, 7) is 9.17. The third kappa shape index (κ3) is 7.97. The maximum atomic E-state index is 6.90. The minimum absolute atomic E-state index is 0.121. The Kier molecular flexibility index (Phi) is 11.7. The number of rotatable bonds is 13. The van der Waals surface area contributed by atoms with Gasteiger partial charge in [-0.25, -0.2) is 0 Å². The van der Waals surface area contributed by atoms with E-state index in [0.717, 1.165) is 5.92 Å². The fraction of sp³-hybridized carbons (Fsp3) is 1.00. The SMILES string of the molecule is CCCCC(CCCC)C(N)(CCCC)CCCC. The zero-order valence-electron chi connectivity index (χ0n) is 14.1. The molecule has 0 fully saturated rings. The summed E-state index contributed by atoms with van der Waals surface area (Å²) in [5.41, 5.74) is 7.02. The van der Waals surface area contributed by atoms with Crippen LogP contribution < -0.4 is 5.73 Å². The Balaban J connectivity index is 4.64. The quantitative estimate of drug-likeness (QED) is 0.432. The van der Waals surface area contributed by atoms with E-state index in [1.165, 1.54) is 77.0 Å². The van der Waals surface area contributed by atoms with Crippen molar-refractivity contribution in [3.8, 4) is 0 Å². The summed E-state index contributed by atoms with van der Waals surface area (Å²) >= 11 is 0. The highest BCUT2D eigenvalue weighted by molar-refractivity contribution is 4.91. The third-order valence-corrected chi connectivity index (χ3v) is 4.62. The zero-order chi connectivity index (χ0) is 14.6. The van der Waals surface area contributed by atoms with Crippen molar-refractivity contribution in [2.75, 3.05) is 0 Å². The van der Waals surface area contributed by atoms with E-state index in [4.69, 9.17) is 5.73 Å². The lowest BCUT2D eigenvalue weighted by molar-refractivity contribution is 0.194. The van der Waals surface area contributed by atoms with Gasteiger partial charge in [-0.05, 0) is 31.6 Å². The molecule has 0 aliphatic rings. The largest absolute Gasteiger partial charge is 0.325 e. The van der Waals surface area contributed by atoms with E-state index in [0.29, 0.717) is 0 Å². The molecule has 0 saturated carbocycles. The van der Waals surface area contributed by atoms with Crippen molar-refractivity contribution in [1.82, 2.24) is 0 Å².